The molecule has 1 amide bonds. The van der Waals surface area contributed by atoms with Gasteiger partial charge in [-0.25, -0.2) is 8.78 Å². The van der Waals surface area contributed by atoms with E-state index in [9.17, 15) is 13.6 Å². The maximum atomic E-state index is 14.1. The zero-order valence-corrected chi connectivity index (χ0v) is 24.8. The molecule has 1 aromatic carbocycles. The van der Waals surface area contributed by atoms with Gasteiger partial charge in [0.15, 0.2) is 11.6 Å². The number of hydrogen-bond acceptors (Lipinski definition) is 7. The second kappa shape index (κ2) is 11.0. The molecule has 5 saturated carbocycles. The largest absolute Gasteiger partial charge is 0.450 e. The third kappa shape index (κ3) is 5.81. The Balaban J connectivity index is 1.12. The van der Waals surface area contributed by atoms with Crippen LogP contribution in [0.1, 0.15) is 108 Å². The summed E-state index contributed by atoms with van der Waals surface area (Å²) >= 11 is 0. The molecule has 0 aliphatic heterocycles. The van der Waals surface area contributed by atoms with E-state index in [4.69, 9.17) is 18.7 Å². The van der Waals surface area contributed by atoms with Gasteiger partial charge in [-0.05, 0) is 94.6 Å². The SMILES string of the molecule is CCOc1ncc(-c2cccc(N(CC34CCC(c5nc(C6CC6)no5)(CC3)CC4)C(=O)CC3CCC(F)(F)CC3)c2)o1. The number of nitrogens with zero attached hydrogens (tertiary/aromatic N) is 4. The third-order valence-corrected chi connectivity index (χ3v) is 10.5. The van der Waals surface area contributed by atoms with Gasteiger partial charge in [0, 0.05) is 48.4 Å². The molecule has 2 heterocycles. The van der Waals surface area contributed by atoms with Gasteiger partial charge in [0.25, 0.3) is 0 Å². The van der Waals surface area contributed by atoms with Crippen molar-refractivity contribution in [3.8, 4) is 17.4 Å². The van der Waals surface area contributed by atoms with Crippen molar-refractivity contribution in [3.63, 3.8) is 0 Å². The van der Waals surface area contributed by atoms with Crippen molar-refractivity contribution in [2.24, 2.45) is 11.3 Å². The van der Waals surface area contributed by atoms with Gasteiger partial charge in [0.1, 0.15) is 0 Å². The number of carbonyl (C=O) groups is 1. The average molecular weight is 595 g/mol. The highest BCUT2D eigenvalue weighted by Gasteiger charge is 2.53. The number of halogens is 2. The summed E-state index contributed by atoms with van der Waals surface area (Å²) in [6.45, 7) is 2.92. The highest BCUT2D eigenvalue weighted by Crippen LogP contribution is 2.58. The number of benzene rings is 1. The molecule has 2 bridgehead atoms. The minimum atomic E-state index is -2.61. The second-order valence-corrected chi connectivity index (χ2v) is 13.5. The molecule has 8 rings (SSSR count). The van der Waals surface area contributed by atoms with Gasteiger partial charge in [-0.1, -0.05) is 17.3 Å². The van der Waals surface area contributed by atoms with Crippen LogP contribution in [0.2, 0.25) is 0 Å². The van der Waals surface area contributed by atoms with Gasteiger partial charge in [-0.15, -0.1) is 0 Å². The Labute approximate surface area is 250 Å². The summed E-state index contributed by atoms with van der Waals surface area (Å²) in [5, 5.41) is 4.30. The molecule has 8 nitrogen and oxygen atoms in total. The summed E-state index contributed by atoms with van der Waals surface area (Å²) < 4.78 is 44.7. The summed E-state index contributed by atoms with van der Waals surface area (Å²) in [4.78, 5) is 25.0. The lowest BCUT2D eigenvalue weighted by atomic mass is 9.53. The van der Waals surface area contributed by atoms with Crippen LogP contribution in [0.25, 0.3) is 11.3 Å². The van der Waals surface area contributed by atoms with E-state index in [1.165, 1.54) is 0 Å². The van der Waals surface area contributed by atoms with Crippen LogP contribution in [-0.2, 0) is 10.2 Å². The lowest BCUT2D eigenvalue weighted by Gasteiger charge is -2.53. The first-order chi connectivity index (χ1) is 20.8. The third-order valence-electron chi connectivity index (χ3n) is 10.5. The Morgan fingerprint density at radius 2 is 1.79 bits per heavy atom. The van der Waals surface area contributed by atoms with Gasteiger partial charge in [0.05, 0.1) is 12.8 Å². The van der Waals surface area contributed by atoms with E-state index in [-0.39, 0.29) is 48.0 Å². The fraction of sp³-hybridized carbons (Fsp3) is 0.636. The van der Waals surface area contributed by atoms with Crippen molar-refractivity contribution in [1.29, 1.82) is 0 Å². The molecule has 0 atom stereocenters. The molecule has 2 aromatic heterocycles. The number of oxazole rings is 1. The van der Waals surface area contributed by atoms with Crippen molar-refractivity contribution in [2.45, 2.75) is 108 Å². The number of hydrogen-bond donors (Lipinski definition) is 0. The molecule has 0 radical (unpaired) electrons. The smallest absolute Gasteiger partial charge is 0.394 e. The number of anilines is 1. The number of ether oxygens (including phenoxy) is 1. The second-order valence-electron chi connectivity index (χ2n) is 13.5. The minimum absolute atomic E-state index is 0.00250. The van der Waals surface area contributed by atoms with Crippen LogP contribution in [0.3, 0.4) is 0 Å². The highest BCUT2D eigenvalue weighted by molar-refractivity contribution is 5.94. The first-order valence-electron chi connectivity index (χ1n) is 16.0. The van der Waals surface area contributed by atoms with E-state index in [1.807, 2.05) is 36.1 Å². The Bertz CT molecular complexity index is 1430. The predicted molar refractivity (Wildman–Crippen MR) is 155 cm³/mol. The summed E-state index contributed by atoms with van der Waals surface area (Å²) in [6.07, 6.45) is 10.7. The monoisotopic (exact) mass is 594 g/mol. The summed E-state index contributed by atoms with van der Waals surface area (Å²) in [6, 6.07) is 7.78. The van der Waals surface area contributed by atoms with Crippen LogP contribution in [-0.4, -0.2) is 40.1 Å². The molecule has 0 N–H and O–H groups in total. The van der Waals surface area contributed by atoms with Crippen LogP contribution in [0, 0.1) is 11.3 Å². The molecule has 5 aliphatic carbocycles. The van der Waals surface area contributed by atoms with Crippen LogP contribution < -0.4 is 9.64 Å². The van der Waals surface area contributed by atoms with Gasteiger partial charge in [-0.2, -0.15) is 9.97 Å². The predicted octanol–water partition coefficient (Wildman–Crippen LogP) is 7.84. The molecular weight excluding hydrogens is 554 g/mol. The number of fused-ring (bicyclic) bond motifs is 3. The molecule has 3 aromatic rings. The highest BCUT2D eigenvalue weighted by atomic mass is 19.3. The molecule has 0 spiro atoms. The number of amides is 1. The lowest BCUT2D eigenvalue weighted by Crippen LogP contribution is -2.51. The maximum Gasteiger partial charge on any atom is 0.394 e. The van der Waals surface area contributed by atoms with Gasteiger partial charge >= 0.3 is 6.08 Å². The van der Waals surface area contributed by atoms with Crippen LogP contribution in [0.5, 0.6) is 6.08 Å². The van der Waals surface area contributed by atoms with Gasteiger partial charge in [-0.3, -0.25) is 4.79 Å². The fourth-order valence-corrected chi connectivity index (χ4v) is 7.51. The summed E-state index contributed by atoms with van der Waals surface area (Å²) in [7, 11) is 0. The van der Waals surface area contributed by atoms with E-state index >= 15 is 0 Å². The van der Waals surface area contributed by atoms with Crippen molar-refractivity contribution in [2.75, 3.05) is 18.1 Å². The van der Waals surface area contributed by atoms with E-state index in [0.29, 0.717) is 37.7 Å². The van der Waals surface area contributed by atoms with Gasteiger partial charge in [0.2, 0.25) is 17.7 Å². The minimum Gasteiger partial charge on any atom is -0.450 e. The molecule has 10 heteroatoms. The fourth-order valence-electron chi connectivity index (χ4n) is 7.51. The van der Waals surface area contributed by atoms with Crippen molar-refractivity contribution in [1.82, 2.24) is 15.1 Å². The van der Waals surface area contributed by atoms with E-state index in [1.54, 1.807) is 6.20 Å². The molecular formula is C33H40F2N4O4. The molecule has 0 saturated heterocycles. The Morgan fingerprint density at radius 3 is 2.49 bits per heavy atom. The lowest BCUT2D eigenvalue weighted by molar-refractivity contribution is -0.121. The number of alkyl halides is 2. The van der Waals surface area contributed by atoms with Crippen molar-refractivity contribution >= 4 is 11.6 Å². The Hall–Kier alpha value is -3.30. The zero-order valence-electron chi connectivity index (χ0n) is 24.8. The van der Waals surface area contributed by atoms with E-state index in [2.05, 4.69) is 10.1 Å². The topological polar surface area (TPSA) is 94.5 Å². The van der Waals surface area contributed by atoms with Crippen LogP contribution in [0.4, 0.5) is 14.5 Å². The standard InChI is InChI=1S/C33H40F2N4O4/c1-2-41-30-36-20-26(42-30)24-4-3-5-25(19-24)39(27(40)18-22-8-10-33(34,35)11-9-22)21-31-12-15-32(16-13-31,17-14-31)29-37-28(38-43-29)23-6-7-23/h3-5,19-20,22-23H,2,6-18,21H2,1H3. The van der Waals surface area contributed by atoms with E-state index < -0.39 is 5.92 Å². The summed E-state index contributed by atoms with van der Waals surface area (Å²) in [5.74, 6) is 0.0621. The molecule has 43 heavy (non-hydrogen) atoms. The number of carbonyl (C=O) groups excluding carboxylic acids is 1. The quantitative estimate of drug-likeness (QED) is 0.236. The maximum absolute atomic E-state index is 14.1. The molecule has 5 aliphatic rings. The van der Waals surface area contributed by atoms with Gasteiger partial charge < -0.3 is 18.6 Å². The number of rotatable bonds is 10. The molecule has 5 fully saturated rings. The molecule has 230 valence electrons. The molecule has 0 unspecified atom stereocenters. The zero-order chi connectivity index (χ0) is 29.7. The Kier molecular flexibility index (Phi) is 7.29. The number of aromatic nitrogens is 3. The average Bonchev–Trinajstić information content (AvgIpc) is 3.54. The van der Waals surface area contributed by atoms with Crippen molar-refractivity contribution in [3.05, 3.63) is 42.2 Å². The first kappa shape index (κ1) is 28.5. The normalized spacial score (nSPS) is 26.9. The summed E-state index contributed by atoms with van der Waals surface area (Å²) in [5.41, 5.74) is 1.52. The Morgan fingerprint density at radius 1 is 1.05 bits per heavy atom. The first-order valence-corrected chi connectivity index (χ1v) is 16.0. The van der Waals surface area contributed by atoms with E-state index in [0.717, 1.165) is 74.3 Å². The van der Waals surface area contributed by atoms with Crippen LogP contribution >= 0.6 is 0 Å². The van der Waals surface area contributed by atoms with Crippen molar-refractivity contribution < 1.29 is 27.3 Å². The van der Waals surface area contributed by atoms with Crippen LogP contribution in [0.15, 0.2) is 39.4 Å².